The molecular weight excluding hydrogens is 210 g/mol. The van der Waals surface area contributed by atoms with E-state index in [4.69, 9.17) is 9.68 Å². The van der Waals surface area contributed by atoms with Gasteiger partial charge in [0.05, 0.1) is 18.3 Å². The number of nitriles is 1. The van der Waals surface area contributed by atoms with Gasteiger partial charge in [-0.2, -0.15) is 5.26 Å². The molecule has 1 rings (SSSR count). The molecule has 0 spiro atoms. The Bertz CT molecular complexity index is 294. The number of nitrogens with one attached hydrogen (secondary N) is 1. The molecule has 0 aromatic carbocycles. The zero-order chi connectivity index (χ0) is 10.9. The Kier molecular flexibility index (Phi) is 5.90. The van der Waals surface area contributed by atoms with Crippen LogP contribution in [0.5, 0.6) is 0 Å². The van der Waals surface area contributed by atoms with Gasteiger partial charge in [0.25, 0.3) is 5.22 Å². The second-order valence-corrected chi connectivity index (χ2v) is 4.12. The maximum atomic E-state index is 8.85. The zero-order valence-electron chi connectivity index (χ0n) is 8.77. The summed E-state index contributed by atoms with van der Waals surface area (Å²) in [6.45, 7) is 2.98. The molecule has 1 aromatic rings. The van der Waals surface area contributed by atoms with E-state index in [-0.39, 0.29) is 6.04 Å². The molecule has 0 amide bonds. The summed E-state index contributed by atoms with van der Waals surface area (Å²) in [5, 5.41) is 12.7. The zero-order valence-corrected chi connectivity index (χ0v) is 9.59. The van der Waals surface area contributed by atoms with Crippen LogP contribution in [0.3, 0.4) is 0 Å². The molecule has 0 bridgehead atoms. The van der Waals surface area contributed by atoms with Crippen LogP contribution in [0.4, 0.5) is 0 Å². The summed E-state index contributed by atoms with van der Waals surface area (Å²) in [7, 11) is 0. The lowest BCUT2D eigenvalue weighted by Gasteiger charge is -2.08. The van der Waals surface area contributed by atoms with E-state index in [0.29, 0.717) is 5.22 Å². The molecule has 1 heterocycles. The summed E-state index contributed by atoms with van der Waals surface area (Å²) in [6.07, 6.45) is 5.04. The van der Waals surface area contributed by atoms with Crippen molar-refractivity contribution in [3.05, 3.63) is 12.5 Å². The first-order chi connectivity index (χ1) is 7.36. The molecule has 0 aliphatic rings. The summed E-state index contributed by atoms with van der Waals surface area (Å²) in [5.41, 5.74) is 0. The van der Waals surface area contributed by atoms with Gasteiger partial charge in [-0.25, -0.2) is 4.98 Å². The van der Waals surface area contributed by atoms with Gasteiger partial charge in [0, 0.05) is 5.75 Å². The van der Waals surface area contributed by atoms with Crippen LogP contribution >= 0.6 is 11.8 Å². The molecule has 15 heavy (non-hydrogen) atoms. The first kappa shape index (κ1) is 12.1. The molecule has 0 fully saturated rings. The number of hydrogen-bond donors (Lipinski definition) is 1. The summed E-state index contributed by atoms with van der Waals surface area (Å²) in [6, 6.07) is 2.18. The maximum Gasteiger partial charge on any atom is 0.255 e. The number of hydrogen-bond acceptors (Lipinski definition) is 5. The molecule has 4 nitrogen and oxygen atoms in total. The highest BCUT2D eigenvalue weighted by molar-refractivity contribution is 7.99. The molecule has 1 unspecified atom stereocenters. The van der Waals surface area contributed by atoms with E-state index in [2.05, 4.69) is 23.3 Å². The average Bonchev–Trinajstić information content (AvgIpc) is 2.76. The van der Waals surface area contributed by atoms with Crippen molar-refractivity contribution in [1.29, 1.82) is 5.26 Å². The fraction of sp³-hybridized carbons (Fsp3) is 0.600. The van der Waals surface area contributed by atoms with Crippen LogP contribution in [0.25, 0.3) is 0 Å². The molecule has 0 radical (unpaired) electrons. The second kappa shape index (κ2) is 7.32. The number of thioether (sulfide) groups is 1. The van der Waals surface area contributed by atoms with Crippen molar-refractivity contribution in [3.63, 3.8) is 0 Å². The topological polar surface area (TPSA) is 61.9 Å². The summed E-state index contributed by atoms with van der Waals surface area (Å²) < 4.78 is 5.08. The molecule has 1 atom stereocenters. The Morgan fingerprint density at radius 3 is 3.20 bits per heavy atom. The molecule has 1 aromatic heterocycles. The Balaban J connectivity index is 2.15. The third-order valence-electron chi connectivity index (χ3n) is 1.84. The molecule has 1 N–H and O–H groups in total. The van der Waals surface area contributed by atoms with E-state index < -0.39 is 0 Å². The predicted molar refractivity (Wildman–Crippen MR) is 59.5 cm³/mol. The summed E-state index contributed by atoms with van der Waals surface area (Å²) in [5.74, 6) is 0.843. The molecule has 0 aliphatic carbocycles. The fourth-order valence-corrected chi connectivity index (χ4v) is 1.86. The third-order valence-corrected chi connectivity index (χ3v) is 2.73. The minimum atomic E-state index is -0.0626. The Labute approximate surface area is 94.1 Å². The minimum absolute atomic E-state index is 0.0626. The smallest absolute Gasteiger partial charge is 0.255 e. The fourth-order valence-electron chi connectivity index (χ4n) is 1.08. The van der Waals surface area contributed by atoms with E-state index in [0.717, 1.165) is 25.1 Å². The van der Waals surface area contributed by atoms with Gasteiger partial charge < -0.3 is 9.73 Å². The monoisotopic (exact) mass is 225 g/mol. The van der Waals surface area contributed by atoms with Gasteiger partial charge in [0.15, 0.2) is 0 Å². The molecule has 0 aliphatic heterocycles. The quantitative estimate of drug-likeness (QED) is 0.719. The highest BCUT2D eigenvalue weighted by Crippen LogP contribution is 2.16. The largest absolute Gasteiger partial charge is 0.440 e. The normalized spacial score (nSPS) is 12.3. The van der Waals surface area contributed by atoms with Crippen molar-refractivity contribution in [2.75, 3.05) is 12.3 Å². The van der Waals surface area contributed by atoms with Gasteiger partial charge in [0.1, 0.15) is 6.26 Å². The highest BCUT2D eigenvalue weighted by Gasteiger charge is 2.06. The first-order valence-corrected chi connectivity index (χ1v) is 6.00. The summed E-state index contributed by atoms with van der Waals surface area (Å²) in [4.78, 5) is 3.99. The Morgan fingerprint density at radius 2 is 2.60 bits per heavy atom. The van der Waals surface area contributed by atoms with E-state index in [9.17, 15) is 0 Å². The SMILES string of the molecule is CCCNC(C#N)CCSc1ncco1. The van der Waals surface area contributed by atoms with Crippen molar-refractivity contribution in [3.8, 4) is 6.07 Å². The van der Waals surface area contributed by atoms with Gasteiger partial charge in [-0.3, -0.25) is 0 Å². The van der Waals surface area contributed by atoms with Crippen LogP contribution in [0.2, 0.25) is 0 Å². The van der Waals surface area contributed by atoms with E-state index in [1.165, 1.54) is 11.8 Å². The van der Waals surface area contributed by atoms with Gasteiger partial charge in [-0.1, -0.05) is 18.7 Å². The average molecular weight is 225 g/mol. The maximum absolute atomic E-state index is 8.85. The van der Waals surface area contributed by atoms with Crippen LogP contribution in [0.1, 0.15) is 19.8 Å². The van der Waals surface area contributed by atoms with Crippen molar-refractivity contribution in [1.82, 2.24) is 10.3 Å². The predicted octanol–water partition coefficient (Wildman–Crippen LogP) is 2.05. The van der Waals surface area contributed by atoms with Gasteiger partial charge in [0.2, 0.25) is 0 Å². The number of aromatic nitrogens is 1. The Morgan fingerprint density at radius 1 is 1.73 bits per heavy atom. The van der Waals surface area contributed by atoms with Crippen molar-refractivity contribution in [2.24, 2.45) is 0 Å². The van der Waals surface area contributed by atoms with Crippen molar-refractivity contribution in [2.45, 2.75) is 31.0 Å². The lowest BCUT2D eigenvalue weighted by atomic mass is 10.2. The summed E-state index contributed by atoms with van der Waals surface area (Å²) >= 11 is 1.54. The molecule has 82 valence electrons. The van der Waals surface area contributed by atoms with Crippen molar-refractivity contribution < 1.29 is 4.42 Å². The highest BCUT2D eigenvalue weighted by atomic mass is 32.2. The van der Waals surface area contributed by atoms with Crippen LogP contribution in [0.15, 0.2) is 22.1 Å². The van der Waals surface area contributed by atoms with Crippen molar-refractivity contribution >= 4 is 11.8 Å². The van der Waals surface area contributed by atoms with Crippen LogP contribution < -0.4 is 5.32 Å². The van der Waals surface area contributed by atoms with Crippen LogP contribution in [-0.2, 0) is 0 Å². The minimum Gasteiger partial charge on any atom is -0.440 e. The standard InChI is InChI=1S/C10H15N3OS/c1-2-4-12-9(8-11)3-7-15-10-13-5-6-14-10/h5-6,9,12H,2-4,7H2,1H3. The van der Waals surface area contributed by atoms with E-state index >= 15 is 0 Å². The van der Waals surface area contributed by atoms with Gasteiger partial charge in [-0.05, 0) is 19.4 Å². The molecular formula is C10H15N3OS. The Hall–Kier alpha value is -0.990. The van der Waals surface area contributed by atoms with Crippen LogP contribution in [0, 0.1) is 11.3 Å². The first-order valence-electron chi connectivity index (χ1n) is 5.02. The number of nitrogens with zero attached hydrogens (tertiary/aromatic N) is 2. The molecule has 5 heteroatoms. The lowest BCUT2D eigenvalue weighted by molar-refractivity contribution is 0.453. The lowest BCUT2D eigenvalue weighted by Crippen LogP contribution is -2.28. The van der Waals surface area contributed by atoms with E-state index in [1.807, 2.05) is 0 Å². The van der Waals surface area contributed by atoms with Crippen LogP contribution in [-0.4, -0.2) is 23.3 Å². The van der Waals surface area contributed by atoms with Gasteiger partial charge >= 0.3 is 0 Å². The molecule has 0 saturated heterocycles. The second-order valence-electron chi connectivity index (χ2n) is 3.07. The molecule has 0 saturated carbocycles. The van der Waals surface area contributed by atoms with Gasteiger partial charge in [-0.15, -0.1) is 0 Å². The number of rotatable bonds is 7. The number of oxazole rings is 1. The third kappa shape index (κ3) is 4.86. The van der Waals surface area contributed by atoms with E-state index in [1.54, 1.807) is 12.5 Å².